The normalized spacial score (nSPS) is 16.1. The lowest BCUT2D eigenvalue weighted by Crippen LogP contribution is -2.20. The van der Waals surface area contributed by atoms with Crippen molar-refractivity contribution in [1.82, 2.24) is 9.97 Å². The number of amides is 2. The van der Waals surface area contributed by atoms with Crippen molar-refractivity contribution in [3.05, 3.63) is 58.1 Å². The van der Waals surface area contributed by atoms with Crippen LogP contribution in [0.2, 0.25) is 0 Å². The van der Waals surface area contributed by atoms with Crippen LogP contribution < -0.4 is 20.1 Å². The lowest BCUT2D eigenvalue weighted by atomic mass is 10.1. The van der Waals surface area contributed by atoms with Gasteiger partial charge in [-0.2, -0.15) is 0 Å². The molecule has 1 unspecified atom stereocenters. The minimum Gasteiger partial charge on any atom is -0.454 e. The number of thiazole rings is 2. The van der Waals surface area contributed by atoms with Gasteiger partial charge < -0.3 is 14.8 Å². The van der Waals surface area contributed by atoms with E-state index in [1.54, 1.807) is 18.2 Å². The Bertz CT molecular complexity index is 1430. The molecule has 33 heavy (non-hydrogen) atoms. The summed E-state index contributed by atoms with van der Waals surface area (Å²) in [5.41, 5.74) is 3.21. The van der Waals surface area contributed by atoms with Gasteiger partial charge in [0.25, 0.3) is 5.91 Å². The first-order chi connectivity index (χ1) is 16.0. The Kier molecular flexibility index (Phi) is 4.77. The minimum atomic E-state index is -0.360. The third-order valence-electron chi connectivity index (χ3n) is 5.66. The van der Waals surface area contributed by atoms with Crippen molar-refractivity contribution >= 4 is 55.0 Å². The van der Waals surface area contributed by atoms with Crippen LogP contribution in [0.25, 0.3) is 10.2 Å². The number of nitrogens with zero attached hydrogens (tertiary/aromatic N) is 2. The molecule has 166 valence electrons. The van der Waals surface area contributed by atoms with Crippen LogP contribution in [0.5, 0.6) is 11.5 Å². The van der Waals surface area contributed by atoms with Crippen LogP contribution >= 0.6 is 22.7 Å². The van der Waals surface area contributed by atoms with Gasteiger partial charge in [-0.25, -0.2) is 9.97 Å². The number of aryl methyl sites for hydroxylation is 2. The first-order valence-corrected chi connectivity index (χ1v) is 12.1. The van der Waals surface area contributed by atoms with Gasteiger partial charge >= 0.3 is 0 Å². The van der Waals surface area contributed by atoms with E-state index in [0.29, 0.717) is 33.7 Å². The van der Waals surface area contributed by atoms with Gasteiger partial charge in [-0.15, -0.1) is 11.3 Å². The van der Waals surface area contributed by atoms with Gasteiger partial charge in [-0.3, -0.25) is 14.9 Å². The van der Waals surface area contributed by atoms with E-state index in [2.05, 4.69) is 26.7 Å². The first-order valence-electron chi connectivity index (χ1n) is 10.4. The molecule has 8 nitrogen and oxygen atoms in total. The number of aromatic nitrogens is 2. The smallest absolute Gasteiger partial charge is 0.257 e. The fourth-order valence-corrected chi connectivity index (χ4v) is 6.02. The number of rotatable bonds is 4. The van der Waals surface area contributed by atoms with E-state index in [-0.39, 0.29) is 24.5 Å². The molecule has 3 heterocycles. The molecule has 0 spiro atoms. The molecule has 2 aliphatic rings. The van der Waals surface area contributed by atoms with Crippen molar-refractivity contribution in [1.29, 1.82) is 0 Å². The standard InChI is InChI=1S/C23H18N4O4S2/c1-11-2-5-14-18(8-11)33-22(24-14)27-21(29)13-4-7-17-19(13)25-23(32-17)26-20(28)12-3-6-15-16(9-12)31-10-30-15/h2-3,5-6,8-9,13H,4,7,10H2,1H3,(H,24,27,29)(H,25,26,28). The molecule has 2 amide bonds. The lowest BCUT2D eigenvalue weighted by molar-refractivity contribution is -0.117. The van der Waals surface area contributed by atoms with Gasteiger partial charge in [0.2, 0.25) is 12.7 Å². The number of hydrogen-bond donors (Lipinski definition) is 2. The van der Waals surface area contributed by atoms with Gasteiger partial charge in [-0.1, -0.05) is 17.4 Å². The summed E-state index contributed by atoms with van der Waals surface area (Å²) < 4.78 is 11.7. The van der Waals surface area contributed by atoms with Crippen molar-refractivity contribution in [2.24, 2.45) is 0 Å². The average Bonchev–Trinajstić information content (AvgIpc) is 3.55. The number of hydrogen-bond acceptors (Lipinski definition) is 8. The van der Waals surface area contributed by atoms with E-state index >= 15 is 0 Å². The van der Waals surface area contributed by atoms with Crippen LogP contribution in [0.4, 0.5) is 10.3 Å². The van der Waals surface area contributed by atoms with Crippen LogP contribution in [-0.4, -0.2) is 28.6 Å². The fraction of sp³-hybridized carbons (Fsp3) is 0.217. The molecule has 6 rings (SSSR count). The molecular formula is C23H18N4O4S2. The van der Waals surface area contributed by atoms with Gasteiger partial charge in [0, 0.05) is 10.4 Å². The molecule has 2 aromatic heterocycles. The second kappa shape index (κ2) is 7.82. The molecule has 0 radical (unpaired) electrons. The summed E-state index contributed by atoms with van der Waals surface area (Å²) in [5, 5.41) is 6.86. The molecule has 0 saturated carbocycles. The molecule has 1 atom stereocenters. The maximum Gasteiger partial charge on any atom is 0.257 e. The summed E-state index contributed by atoms with van der Waals surface area (Å²) in [6, 6.07) is 11.1. The van der Waals surface area contributed by atoms with Crippen molar-refractivity contribution < 1.29 is 19.1 Å². The average molecular weight is 479 g/mol. The van der Waals surface area contributed by atoms with Gasteiger partial charge in [0.1, 0.15) is 0 Å². The zero-order valence-electron chi connectivity index (χ0n) is 17.5. The lowest BCUT2D eigenvalue weighted by Gasteiger charge is -2.08. The molecular weight excluding hydrogens is 460 g/mol. The molecule has 10 heteroatoms. The highest BCUT2D eigenvalue weighted by Crippen LogP contribution is 2.40. The zero-order chi connectivity index (χ0) is 22.5. The number of fused-ring (bicyclic) bond motifs is 3. The van der Waals surface area contributed by atoms with Crippen LogP contribution in [0.1, 0.15) is 38.8 Å². The van der Waals surface area contributed by atoms with E-state index in [0.717, 1.165) is 32.8 Å². The third kappa shape index (κ3) is 3.70. The number of anilines is 2. The molecule has 1 aliphatic carbocycles. The predicted octanol–water partition coefficient (Wildman–Crippen LogP) is 4.71. The van der Waals surface area contributed by atoms with E-state index in [1.165, 1.54) is 22.7 Å². The summed E-state index contributed by atoms with van der Waals surface area (Å²) in [7, 11) is 0. The first kappa shape index (κ1) is 20.1. The van der Waals surface area contributed by atoms with Crippen LogP contribution in [-0.2, 0) is 11.2 Å². The molecule has 4 aromatic rings. The molecule has 0 saturated heterocycles. The SMILES string of the molecule is Cc1ccc2nc(NC(=O)C3CCc4sc(NC(=O)c5ccc6c(c5)OCO6)nc43)sc2c1. The summed E-state index contributed by atoms with van der Waals surface area (Å²) in [6.45, 7) is 2.18. The zero-order valence-corrected chi connectivity index (χ0v) is 19.1. The van der Waals surface area contributed by atoms with Crippen molar-refractivity contribution in [3.63, 3.8) is 0 Å². The van der Waals surface area contributed by atoms with Crippen molar-refractivity contribution in [3.8, 4) is 11.5 Å². The summed E-state index contributed by atoms with van der Waals surface area (Å²) in [5.74, 6) is 0.402. The largest absolute Gasteiger partial charge is 0.454 e. The molecule has 2 aromatic carbocycles. The van der Waals surface area contributed by atoms with Crippen LogP contribution in [0.15, 0.2) is 36.4 Å². The highest BCUT2D eigenvalue weighted by molar-refractivity contribution is 7.22. The molecule has 0 fully saturated rings. The van der Waals surface area contributed by atoms with Crippen LogP contribution in [0.3, 0.4) is 0 Å². The predicted molar refractivity (Wildman–Crippen MR) is 127 cm³/mol. The highest BCUT2D eigenvalue weighted by Gasteiger charge is 2.33. The number of ether oxygens (including phenoxy) is 2. The van der Waals surface area contributed by atoms with Gasteiger partial charge in [0.15, 0.2) is 21.8 Å². The fourth-order valence-electron chi connectivity index (χ4n) is 4.02. The van der Waals surface area contributed by atoms with E-state index < -0.39 is 0 Å². The minimum absolute atomic E-state index is 0.122. The molecule has 2 N–H and O–H groups in total. The quantitative estimate of drug-likeness (QED) is 0.440. The Morgan fingerprint density at radius 3 is 2.76 bits per heavy atom. The van der Waals surface area contributed by atoms with Crippen molar-refractivity contribution in [2.75, 3.05) is 17.4 Å². The maximum absolute atomic E-state index is 13.0. The Morgan fingerprint density at radius 2 is 1.85 bits per heavy atom. The van der Waals surface area contributed by atoms with E-state index in [1.807, 2.05) is 19.1 Å². The maximum atomic E-state index is 13.0. The Labute approximate surface area is 196 Å². The molecule has 1 aliphatic heterocycles. The van der Waals surface area contributed by atoms with E-state index in [9.17, 15) is 9.59 Å². The monoisotopic (exact) mass is 478 g/mol. The molecule has 0 bridgehead atoms. The second-order valence-electron chi connectivity index (χ2n) is 7.92. The van der Waals surface area contributed by atoms with Gasteiger partial charge in [0.05, 0.1) is 21.8 Å². The highest BCUT2D eigenvalue weighted by atomic mass is 32.1. The summed E-state index contributed by atoms with van der Waals surface area (Å²) in [4.78, 5) is 35.8. The Balaban J connectivity index is 1.17. The Hall–Kier alpha value is -3.50. The van der Waals surface area contributed by atoms with Crippen molar-refractivity contribution in [2.45, 2.75) is 25.7 Å². The summed E-state index contributed by atoms with van der Waals surface area (Å²) >= 11 is 2.87. The van der Waals surface area contributed by atoms with Crippen LogP contribution in [0, 0.1) is 6.92 Å². The Morgan fingerprint density at radius 1 is 1.00 bits per heavy atom. The number of carbonyl (C=O) groups excluding carboxylic acids is 2. The number of carbonyl (C=O) groups is 2. The topological polar surface area (TPSA) is 102 Å². The number of nitrogens with one attached hydrogen (secondary N) is 2. The third-order valence-corrected chi connectivity index (χ3v) is 7.64. The van der Waals surface area contributed by atoms with E-state index in [4.69, 9.17) is 9.47 Å². The van der Waals surface area contributed by atoms with Gasteiger partial charge in [-0.05, 0) is 55.7 Å². The summed E-state index contributed by atoms with van der Waals surface area (Å²) in [6.07, 6.45) is 1.45. The second-order valence-corrected chi connectivity index (χ2v) is 10.0. The number of benzene rings is 2.